The molecule has 11 heteroatoms. The number of halogens is 3. The standard InChI is InChI=1S/C28H23F3N6O2/c29-28(30,31)19-5-7-20(8-6-19)37-23-4-2-1-3-22(23)27(34-37)18-10-13-36(26(39)15-18)17-24-32-12-9-25(33-24)35-14-11-21(38)16-35/h1-10,12-13,15,21,38H,11,14,16-17H2/t21-/m0/s1. The summed E-state index contributed by atoms with van der Waals surface area (Å²) in [6, 6.07) is 17.2. The lowest BCUT2D eigenvalue weighted by Gasteiger charge is -2.17. The quantitative estimate of drug-likeness (QED) is 0.364. The second-order valence-electron chi connectivity index (χ2n) is 9.42. The topological polar surface area (TPSA) is 89.1 Å². The number of para-hydroxylation sites is 1. The van der Waals surface area contributed by atoms with Crippen LogP contribution in [0.2, 0.25) is 0 Å². The van der Waals surface area contributed by atoms with Crippen molar-refractivity contribution < 1.29 is 18.3 Å². The highest BCUT2D eigenvalue weighted by molar-refractivity contribution is 5.94. The largest absolute Gasteiger partial charge is 0.416 e. The minimum absolute atomic E-state index is 0.171. The zero-order valence-corrected chi connectivity index (χ0v) is 20.6. The van der Waals surface area contributed by atoms with E-state index < -0.39 is 11.7 Å². The van der Waals surface area contributed by atoms with Crippen LogP contribution in [0.3, 0.4) is 0 Å². The maximum Gasteiger partial charge on any atom is 0.416 e. The number of alkyl halides is 3. The van der Waals surface area contributed by atoms with Gasteiger partial charge in [-0.1, -0.05) is 18.2 Å². The van der Waals surface area contributed by atoms with Gasteiger partial charge in [0.15, 0.2) is 0 Å². The third-order valence-electron chi connectivity index (χ3n) is 6.79. The number of hydrogen-bond donors (Lipinski definition) is 1. The Bertz CT molecular complexity index is 1710. The lowest BCUT2D eigenvalue weighted by atomic mass is 10.1. The number of aliphatic hydroxyl groups is 1. The maximum absolute atomic E-state index is 13.1. The predicted octanol–water partition coefficient (Wildman–Crippen LogP) is 4.28. The lowest BCUT2D eigenvalue weighted by molar-refractivity contribution is -0.137. The first-order chi connectivity index (χ1) is 18.8. The van der Waals surface area contributed by atoms with Crippen LogP contribution in [0.4, 0.5) is 19.0 Å². The SMILES string of the molecule is O=c1cc(-c2nn(-c3ccc(C(F)(F)F)cc3)c3ccccc23)ccn1Cc1nccc(N2CC[C@H](O)C2)n1. The summed E-state index contributed by atoms with van der Waals surface area (Å²) in [6.45, 7) is 1.39. The molecule has 4 heterocycles. The molecule has 1 fully saturated rings. The molecule has 1 N–H and O–H groups in total. The molecule has 0 aliphatic carbocycles. The van der Waals surface area contributed by atoms with Crippen molar-refractivity contribution in [3.8, 4) is 16.9 Å². The molecule has 0 amide bonds. The number of aliphatic hydroxyl groups excluding tert-OH is 1. The molecule has 1 saturated heterocycles. The van der Waals surface area contributed by atoms with Crippen molar-refractivity contribution in [2.45, 2.75) is 25.2 Å². The minimum atomic E-state index is -4.43. The molecule has 6 rings (SSSR count). The van der Waals surface area contributed by atoms with Crippen molar-refractivity contribution in [2.75, 3.05) is 18.0 Å². The first-order valence-corrected chi connectivity index (χ1v) is 12.4. The van der Waals surface area contributed by atoms with E-state index in [9.17, 15) is 23.1 Å². The lowest BCUT2D eigenvalue weighted by Crippen LogP contribution is -2.24. The van der Waals surface area contributed by atoms with Crippen molar-refractivity contribution in [1.29, 1.82) is 0 Å². The molecule has 1 aliphatic rings. The molecule has 3 aromatic heterocycles. The summed E-state index contributed by atoms with van der Waals surface area (Å²) in [5.41, 5.74) is 1.29. The number of nitrogens with zero attached hydrogens (tertiary/aromatic N) is 6. The van der Waals surface area contributed by atoms with Gasteiger partial charge in [-0.25, -0.2) is 14.6 Å². The summed E-state index contributed by atoms with van der Waals surface area (Å²) >= 11 is 0. The predicted molar refractivity (Wildman–Crippen MR) is 140 cm³/mol. The van der Waals surface area contributed by atoms with Crippen LogP contribution in [0.1, 0.15) is 17.8 Å². The van der Waals surface area contributed by atoms with Crippen LogP contribution in [-0.2, 0) is 12.7 Å². The minimum Gasteiger partial charge on any atom is -0.391 e. The second kappa shape index (κ2) is 9.66. The molecule has 1 aliphatic heterocycles. The van der Waals surface area contributed by atoms with Crippen LogP contribution in [0.5, 0.6) is 0 Å². The molecule has 0 bridgehead atoms. The van der Waals surface area contributed by atoms with Gasteiger partial charge in [0, 0.05) is 42.5 Å². The van der Waals surface area contributed by atoms with Crippen molar-refractivity contribution in [3.05, 3.63) is 101 Å². The van der Waals surface area contributed by atoms with E-state index in [2.05, 4.69) is 15.1 Å². The van der Waals surface area contributed by atoms with Crippen molar-refractivity contribution in [2.24, 2.45) is 0 Å². The third-order valence-corrected chi connectivity index (χ3v) is 6.79. The van der Waals surface area contributed by atoms with Gasteiger partial charge in [0.1, 0.15) is 17.3 Å². The van der Waals surface area contributed by atoms with Gasteiger partial charge in [-0.2, -0.15) is 18.3 Å². The number of β-amino-alcohol motifs (C(OH)–C–C–N with tert-alkyl or cyclic N) is 1. The van der Waals surface area contributed by atoms with E-state index in [1.165, 1.54) is 22.8 Å². The fourth-order valence-corrected chi connectivity index (χ4v) is 4.80. The summed E-state index contributed by atoms with van der Waals surface area (Å²) in [6.07, 6.45) is -0.828. The summed E-state index contributed by atoms with van der Waals surface area (Å²) in [7, 11) is 0. The van der Waals surface area contributed by atoms with E-state index in [0.717, 1.165) is 17.5 Å². The van der Waals surface area contributed by atoms with Crippen LogP contribution in [0.25, 0.3) is 27.8 Å². The fraction of sp³-hybridized carbons (Fsp3) is 0.214. The molecule has 0 spiro atoms. The van der Waals surface area contributed by atoms with Gasteiger partial charge < -0.3 is 14.6 Å². The molecule has 8 nitrogen and oxygen atoms in total. The van der Waals surface area contributed by atoms with Gasteiger partial charge in [0.2, 0.25) is 0 Å². The number of anilines is 1. The molecule has 0 unspecified atom stereocenters. The molecular weight excluding hydrogens is 509 g/mol. The molecule has 2 aromatic carbocycles. The van der Waals surface area contributed by atoms with Gasteiger partial charge in [-0.3, -0.25) is 4.79 Å². The van der Waals surface area contributed by atoms with E-state index in [1.807, 2.05) is 29.2 Å². The number of hydrogen-bond acceptors (Lipinski definition) is 6. The molecule has 5 aromatic rings. The highest BCUT2D eigenvalue weighted by atomic mass is 19.4. The van der Waals surface area contributed by atoms with Gasteiger partial charge >= 0.3 is 6.18 Å². The van der Waals surface area contributed by atoms with E-state index in [4.69, 9.17) is 0 Å². The monoisotopic (exact) mass is 532 g/mol. The highest BCUT2D eigenvalue weighted by Gasteiger charge is 2.30. The van der Waals surface area contributed by atoms with E-state index in [1.54, 1.807) is 29.2 Å². The molecule has 0 radical (unpaired) electrons. The number of rotatable bonds is 5. The third kappa shape index (κ3) is 4.88. The highest BCUT2D eigenvalue weighted by Crippen LogP contribution is 2.32. The smallest absolute Gasteiger partial charge is 0.391 e. The van der Waals surface area contributed by atoms with Crippen molar-refractivity contribution in [3.63, 3.8) is 0 Å². The van der Waals surface area contributed by atoms with Crippen LogP contribution in [0.15, 0.2) is 83.9 Å². The van der Waals surface area contributed by atoms with E-state index >= 15 is 0 Å². The molecule has 39 heavy (non-hydrogen) atoms. The number of benzene rings is 2. The van der Waals surface area contributed by atoms with Gasteiger partial charge in [0.05, 0.1) is 29.4 Å². The maximum atomic E-state index is 13.1. The molecular formula is C28H23F3N6O2. The van der Waals surface area contributed by atoms with Crippen LogP contribution in [0, 0.1) is 0 Å². The van der Waals surface area contributed by atoms with Gasteiger partial charge in [0.25, 0.3) is 5.56 Å². The molecule has 198 valence electrons. The summed E-state index contributed by atoms with van der Waals surface area (Å²) in [5, 5.41) is 15.3. The Morgan fingerprint density at radius 1 is 1.03 bits per heavy atom. The number of pyridine rings is 1. The Balaban J connectivity index is 1.31. The zero-order valence-electron chi connectivity index (χ0n) is 20.6. The Kier molecular flexibility index (Phi) is 6.15. The number of fused-ring (bicyclic) bond motifs is 1. The van der Waals surface area contributed by atoms with Crippen LogP contribution < -0.4 is 10.5 Å². The van der Waals surface area contributed by atoms with Crippen LogP contribution in [-0.4, -0.2) is 48.6 Å². The number of aromatic nitrogens is 5. The van der Waals surface area contributed by atoms with Gasteiger partial charge in [-0.15, -0.1) is 0 Å². The van der Waals surface area contributed by atoms with Gasteiger partial charge in [-0.05, 0) is 48.9 Å². The second-order valence-corrected chi connectivity index (χ2v) is 9.42. The summed E-state index contributed by atoms with van der Waals surface area (Å²) in [5.74, 6) is 1.18. The summed E-state index contributed by atoms with van der Waals surface area (Å²) < 4.78 is 42.2. The Labute approximate surface area is 220 Å². The Morgan fingerprint density at radius 2 is 1.82 bits per heavy atom. The average molecular weight is 533 g/mol. The first-order valence-electron chi connectivity index (χ1n) is 12.4. The average Bonchev–Trinajstić information content (AvgIpc) is 3.54. The Morgan fingerprint density at radius 3 is 2.54 bits per heavy atom. The van der Waals surface area contributed by atoms with Crippen molar-refractivity contribution >= 4 is 16.7 Å². The summed E-state index contributed by atoms with van der Waals surface area (Å²) in [4.78, 5) is 23.9. The fourth-order valence-electron chi connectivity index (χ4n) is 4.80. The molecule has 0 saturated carbocycles. The zero-order chi connectivity index (χ0) is 27.1. The Hall–Kier alpha value is -4.51. The van der Waals surface area contributed by atoms with E-state index in [0.29, 0.717) is 53.6 Å². The van der Waals surface area contributed by atoms with E-state index in [-0.39, 0.29) is 18.2 Å². The normalized spacial score (nSPS) is 15.8. The first kappa shape index (κ1) is 24.8. The van der Waals surface area contributed by atoms with Crippen molar-refractivity contribution in [1.82, 2.24) is 24.3 Å². The molecule has 1 atom stereocenters. The van der Waals surface area contributed by atoms with Crippen LogP contribution >= 0.6 is 0 Å².